The van der Waals surface area contributed by atoms with Crippen LogP contribution >= 0.6 is 0 Å². The molecule has 0 fully saturated rings. The first-order valence-corrected chi connectivity index (χ1v) is 6.14. The molecule has 0 atom stereocenters. The summed E-state index contributed by atoms with van der Waals surface area (Å²) in [7, 11) is 0. The van der Waals surface area contributed by atoms with Crippen LogP contribution in [0.1, 0.15) is 28.4 Å². The van der Waals surface area contributed by atoms with Crippen molar-refractivity contribution in [2.24, 2.45) is 0 Å². The predicted molar refractivity (Wildman–Crippen MR) is 72.6 cm³/mol. The Bertz CT molecular complexity index is 590. The van der Waals surface area contributed by atoms with Gasteiger partial charge in [0.25, 0.3) is 0 Å². The van der Waals surface area contributed by atoms with Crippen molar-refractivity contribution < 1.29 is 9.53 Å². The first-order chi connectivity index (χ1) is 9.10. The van der Waals surface area contributed by atoms with E-state index in [4.69, 9.17) is 10.5 Å². The highest BCUT2D eigenvalue weighted by atomic mass is 16.5. The summed E-state index contributed by atoms with van der Waals surface area (Å²) in [5.41, 5.74) is 8.64. The molecule has 2 aromatic rings. The van der Waals surface area contributed by atoms with E-state index in [1.807, 2.05) is 20.0 Å². The van der Waals surface area contributed by atoms with E-state index in [1.54, 1.807) is 29.1 Å². The van der Waals surface area contributed by atoms with Crippen LogP contribution in [-0.4, -0.2) is 15.7 Å². The van der Waals surface area contributed by atoms with Gasteiger partial charge < -0.3 is 10.5 Å². The van der Waals surface area contributed by atoms with Crippen LogP contribution in [0.3, 0.4) is 0 Å². The highest BCUT2D eigenvalue weighted by Crippen LogP contribution is 2.14. The number of aryl methyl sites for hydroxylation is 2. The maximum Gasteiger partial charge on any atom is 0.338 e. The van der Waals surface area contributed by atoms with Crippen LogP contribution in [0.5, 0.6) is 0 Å². The van der Waals surface area contributed by atoms with E-state index < -0.39 is 0 Å². The summed E-state index contributed by atoms with van der Waals surface area (Å²) in [5, 5.41) is 4.12. The lowest BCUT2D eigenvalue weighted by molar-refractivity contribution is 0.0472. The lowest BCUT2D eigenvalue weighted by Gasteiger charge is -2.05. The molecular formula is C14H17N3O2. The van der Waals surface area contributed by atoms with Gasteiger partial charge in [-0.3, -0.25) is 4.68 Å². The largest absolute Gasteiger partial charge is 0.457 e. The number of nitrogens with two attached hydrogens (primary N) is 1. The van der Waals surface area contributed by atoms with Gasteiger partial charge >= 0.3 is 5.97 Å². The molecule has 0 aliphatic carbocycles. The van der Waals surface area contributed by atoms with Crippen molar-refractivity contribution >= 4 is 11.7 Å². The number of carbonyl (C=O) groups is 1. The minimum absolute atomic E-state index is 0.215. The third-order valence-electron chi connectivity index (χ3n) is 2.90. The van der Waals surface area contributed by atoms with Crippen LogP contribution in [-0.2, 0) is 17.9 Å². The number of hydrogen-bond donors (Lipinski definition) is 1. The van der Waals surface area contributed by atoms with Crippen molar-refractivity contribution in [1.82, 2.24) is 9.78 Å². The Kier molecular flexibility index (Phi) is 3.85. The van der Waals surface area contributed by atoms with Gasteiger partial charge in [0.05, 0.1) is 11.8 Å². The van der Waals surface area contributed by atoms with Gasteiger partial charge in [-0.05, 0) is 31.5 Å². The van der Waals surface area contributed by atoms with E-state index in [2.05, 4.69) is 5.10 Å². The van der Waals surface area contributed by atoms with E-state index in [0.29, 0.717) is 11.3 Å². The zero-order chi connectivity index (χ0) is 13.8. The molecule has 2 rings (SSSR count). The smallest absolute Gasteiger partial charge is 0.338 e. The van der Waals surface area contributed by atoms with Gasteiger partial charge in [0.15, 0.2) is 0 Å². The van der Waals surface area contributed by atoms with Gasteiger partial charge in [-0.1, -0.05) is 6.07 Å². The number of anilines is 1. The summed E-state index contributed by atoms with van der Waals surface area (Å²) in [6.45, 7) is 4.90. The number of carbonyl (C=O) groups excluding carboxylic acids is 1. The third-order valence-corrected chi connectivity index (χ3v) is 2.90. The molecule has 0 unspecified atom stereocenters. The second-order valence-electron chi connectivity index (χ2n) is 4.35. The van der Waals surface area contributed by atoms with Crippen LogP contribution in [0.4, 0.5) is 5.69 Å². The molecule has 5 heteroatoms. The quantitative estimate of drug-likeness (QED) is 0.674. The van der Waals surface area contributed by atoms with Crippen LogP contribution in [0.25, 0.3) is 0 Å². The molecule has 1 aromatic carbocycles. The van der Waals surface area contributed by atoms with Crippen LogP contribution in [0.15, 0.2) is 30.6 Å². The van der Waals surface area contributed by atoms with E-state index >= 15 is 0 Å². The molecule has 1 aromatic heterocycles. The van der Waals surface area contributed by atoms with Gasteiger partial charge in [0.2, 0.25) is 0 Å². The maximum absolute atomic E-state index is 11.9. The summed E-state index contributed by atoms with van der Waals surface area (Å²) in [4.78, 5) is 11.9. The normalized spacial score (nSPS) is 10.4. The summed E-state index contributed by atoms with van der Waals surface area (Å²) in [5.74, 6) is -0.379. The molecule has 0 spiro atoms. The second-order valence-corrected chi connectivity index (χ2v) is 4.35. The molecular weight excluding hydrogens is 242 g/mol. The van der Waals surface area contributed by atoms with Crippen molar-refractivity contribution in [1.29, 1.82) is 0 Å². The zero-order valence-electron chi connectivity index (χ0n) is 11.1. The van der Waals surface area contributed by atoms with Gasteiger partial charge in [-0.15, -0.1) is 0 Å². The van der Waals surface area contributed by atoms with Crippen molar-refractivity contribution in [2.75, 3.05) is 5.73 Å². The SMILES string of the molecule is CCn1cc(COC(=O)c2ccc(C)c(N)c2)cn1. The minimum Gasteiger partial charge on any atom is -0.457 e. The summed E-state index contributed by atoms with van der Waals surface area (Å²) >= 11 is 0. The molecule has 0 radical (unpaired) electrons. The number of nitrogen functional groups attached to an aromatic ring is 1. The number of aromatic nitrogens is 2. The Morgan fingerprint density at radius 3 is 2.89 bits per heavy atom. The number of rotatable bonds is 4. The molecule has 19 heavy (non-hydrogen) atoms. The number of hydrogen-bond acceptors (Lipinski definition) is 4. The Labute approximate surface area is 112 Å². The van der Waals surface area contributed by atoms with Crippen LogP contribution < -0.4 is 5.73 Å². The molecule has 5 nitrogen and oxygen atoms in total. The van der Waals surface area contributed by atoms with Gasteiger partial charge in [0, 0.05) is 24.0 Å². The zero-order valence-corrected chi connectivity index (χ0v) is 11.1. The fourth-order valence-electron chi connectivity index (χ4n) is 1.65. The molecule has 1 heterocycles. The van der Waals surface area contributed by atoms with Gasteiger partial charge in [-0.25, -0.2) is 4.79 Å². The molecule has 0 amide bonds. The fourth-order valence-corrected chi connectivity index (χ4v) is 1.65. The number of benzene rings is 1. The van der Waals surface area contributed by atoms with E-state index in [0.717, 1.165) is 17.7 Å². The molecule has 0 saturated carbocycles. The Hall–Kier alpha value is -2.30. The van der Waals surface area contributed by atoms with Crippen molar-refractivity contribution in [2.45, 2.75) is 27.0 Å². The Morgan fingerprint density at radius 2 is 2.26 bits per heavy atom. The summed E-state index contributed by atoms with van der Waals surface area (Å²) < 4.78 is 7.00. The van der Waals surface area contributed by atoms with Crippen LogP contribution in [0.2, 0.25) is 0 Å². The topological polar surface area (TPSA) is 70.1 Å². The standard InChI is InChI=1S/C14H17N3O2/c1-3-17-8-11(7-16-17)9-19-14(18)12-5-4-10(2)13(15)6-12/h4-8H,3,9,15H2,1-2H3. The van der Waals surface area contributed by atoms with Gasteiger partial charge in [0.1, 0.15) is 6.61 Å². The molecule has 0 saturated heterocycles. The highest BCUT2D eigenvalue weighted by molar-refractivity contribution is 5.90. The molecule has 2 N–H and O–H groups in total. The molecule has 0 aliphatic heterocycles. The minimum atomic E-state index is -0.379. The van der Waals surface area contributed by atoms with Crippen LogP contribution in [0, 0.1) is 6.92 Å². The average Bonchev–Trinajstić information content (AvgIpc) is 2.87. The lowest BCUT2D eigenvalue weighted by Crippen LogP contribution is -2.06. The summed E-state index contributed by atoms with van der Waals surface area (Å²) in [6, 6.07) is 5.15. The second kappa shape index (κ2) is 5.56. The van der Waals surface area contributed by atoms with Gasteiger partial charge in [-0.2, -0.15) is 5.10 Å². The number of nitrogens with zero attached hydrogens (tertiary/aromatic N) is 2. The van der Waals surface area contributed by atoms with E-state index in [-0.39, 0.29) is 12.6 Å². The molecule has 0 bridgehead atoms. The first-order valence-electron chi connectivity index (χ1n) is 6.14. The fraction of sp³-hybridized carbons (Fsp3) is 0.286. The average molecular weight is 259 g/mol. The van der Waals surface area contributed by atoms with E-state index in [1.165, 1.54) is 0 Å². The van der Waals surface area contributed by atoms with Crippen molar-refractivity contribution in [3.63, 3.8) is 0 Å². The lowest BCUT2D eigenvalue weighted by atomic mass is 10.1. The summed E-state index contributed by atoms with van der Waals surface area (Å²) in [6.07, 6.45) is 3.55. The molecule has 100 valence electrons. The Balaban J connectivity index is 1.99. The van der Waals surface area contributed by atoms with E-state index in [9.17, 15) is 4.79 Å². The monoisotopic (exact) mass is 259 g/mol. The maximum atomic E-state index is 11.9. The number of ether oxygens (including phenoxy) is 1. The third kappa shape index (κ3) is 3.13. The first kappa shape index (κ1) is 13.1. The Morgan fingerprint density at radius 1 is 1.47 bits per heavy atom. The van der Waals surface area contributed by atoms with Crippen molar-refractivity contribution in [3.8, 4) is 0 Å². The van der Waals surface area contributed by atoms with Crippen molar-refractivity contribution in [3.05, 3.63) is 47.3 Å². The number of esters is 1. The predicted octanol–water partition coefficient (Wildman–Crippen LogP) is 2.15. The molecule has 0 aliphatic rings. The highest BCUT2D eigenvalue weighted by Gasteiger charge is 2.09.